The summed E-state index contributed by atoms with van der Waals surface area (Å²) in [5.41, 5.74) is 1.96. The number of rotatable bonds is 2. The lowest BCUT2D eigenvalue weighted by atomic mass is 10.0. The van der Waals surface area contributed by atoms with E-state index in [0.29, 0.717) is 16.0 Å². The van der Waals surface area contributed by atoms with Crippen molar-refractivity contribution in [3.63, 3.8) is 0 Å². The zero-order valence-corrected chi connectivity index (χ0v) is 9.50. The van der Waals surface area contributed by atoms with Crippen molar-refractivity contribution in [3.8, 4) is 0 Å². The minimum Gasteiger partial charge on any atom is -0.386 e. The van der Waals surface area contributed by atoms with Gasteiger partial charge in [0.1, 0.15) is 0 Å². The normalized spacial score (nSPS) is 10.6. The lowest BCUT2D eigenvalue weighted by molar-refractivity contribution is 0.867. The molecule has 0 bridgehead atoms. The van der Waals surface area contributed by atoms with Crippen LogP contribution in [0.25, 0.3) is 0 Å². The summed E-state index contributed by atoms with van der Waals surface area (Å²) in [6, 6.07) is 3.90. The van der Waals surface area contributed by atoms with Crippen LogP contribution in [0.3, 0.4) is 0 Å². The molecule has 1 rings (SSSR count). The van der Waals surface area contributed by atoms with Crippen LogP contribution in [-0.2, 0) is 0 Å². The van der Waals surface area contributed by atoms with E-state index in [2.05, 4.69) is 19.2 Å². The summed E-state index contributed by atoms with van der Waals surface area (Å²) >= 11 is 12.1. The van der Waals surface area contributed by atoms with Gasteiger partial charge in [-0.1, -0.05) is 37.0 Å². The summed E-state index contributed by atoms with van der Waals surface area (Å²) in [7, 11) is 1.81. The maximum absolute atomic E-state index is 6.03. The van der Waals surface area contributed by atoms with Gasteiger partial charge in [0.05, 0.1) is 15.7 Å². The molecule has 0 aliphatic heterocycles. The Hall–Kier alpha value is -0.400. The molecule has 3 heteroatoms. The van der Waals surface area contributed by atoms with Crippen LogP contribution in [0.1, 0.15) is 25.3 Å². The first-order chi connectivity index (χ1) is 6.06. The standard InChI is InChI=1S/C10H13Cl2N/c1-6(2)7-4-8(11)10(13-3)9(12)5-7/h4-6,13H,1-3H3. The smallest absolute Gasteiger partial charge is 0.0716 e. The van der Waals surface area contributed by atoms with Gasteiger partial charge in [0, 0.05) is 7.05 Å². The molecule has 0 saturated carbocycles. The van der Waals surface area contributed by atoms with Crippen molar-refractivity contribution < 1.29 is 0 Å². The van der Waals surface area contributed by atoms with E-state index in [1.54, 1.807) is 0 Å². The minimum atomic E-state index is 0.445. The molecule has 0 radical (unpaired) electrons. The fraction of sp³-hybridized carbons (Fsp3) is 0.400. The molecule has 0 heterocycles. The van der Waals surface area contributed by atoms with Gasteiger partial charge < -0.3 is 5.32 Å². The molecule has 0 aliphatic rings. The predicted octanol–water partition coefficient (Wildman–Crippen LogP) is 4.16. The topological polar surface area (TPSA) is 12.0 Å². The Bertz CT molecular complexity index is 285. The molecular weight excluding hydrogens is 205 g/mol. The second kappa shape index (κ2) is 4.21. The predicted molar refractivity (Wildman–Crippen MR) is 60.1 cm³/mol. The summed E-state index contributed by atoms with van der Waals surface area (Å²) in [5.74, 6) is 0.445. The van der Waals surface area contributed by atoms with Gasteiger partial charge in [0.25, 0.3) is 0 Å². The third kappa shape index (κ3) is 2.29. The number of benzene rings is 1. The lowest BCUT2D eigenvalue weighted by Gasteiger charge is -2.11. The van der Waals surface area contributed by atoms with Gasteiger partial charge in [-0.2, -0.15) is 0 Å². The number of hydrogen-bond acceptors (Lipinski definition) is 1. The van der Waals surface area contributed by atoms with E-state index in [4.69, 9.17) is 23.2 Å². The zero-order chi connectivity index (χ0) is 10.0. The summed E-state index contributed by atoms with van der Waals surface area (Å²) in [4.78, 5) is 0. The zero-order valence-electron chi connectivity index (χ0n) is 7.99. The van der Waals surface area contributed by atoms with Crippen LogP contribution in [0.15, 0.2) is 12.1 Å². The van der Waals surface area contributed by atoms with Crippen LogP contribution in [0.5, 0.6) is 0 Å². The van der Waals surface area contributed by atoms with E-state index in [9.17, 15) is 0 Å². The van der Waals surface area contributed by atoms with Gasteiger partial charge in [-0.15, -0.1) is 0 Å². The Morgan fingerprint density at radius 3 is 1.92 bits per heavy atom. The first-order valence-electron chi connectivity index (χ1n) is 4.23. The Labute approximate surface area is 89.0 Å². The largest absolute Gasteiger partial charge is 0.386 e. The third-order valence-electron chi connectivity index (χ3n) is 1.98. The Kier molecular flexibility index (Phi) is 3.46. The van der Waals surface area contributed by atoms with E-state index < -0.39 is 0 Å². The number of hydrogen-bond donors (Lipinski definition) is 1. The number of nitrogens with one attached hydrogen (secondary N) is 1. The monoisotopic (exact) mass is 217 g/mol. The third-order valence-corrected chi connectivity index (χ3v) is 2.58. The molecule has 0 fully saturated rings. The summed E-state index contributed by atoms with van der Waals surface area (Å²) < 4.78 is 0. The molecule has 0 aromatic heterocycles. The molecular formula is C10H13Cl2N. The summed E-state index contributed by atoms with van der Waals surface area (Å²) in [5, 5.41) is 4.32. The van der Waals surface area contributed by atoms with Crippen LogP contribution in [0.4, 0.5) is 5.69 Å². The second-order valence-corrected chi connectivity index (χ2v) is 4.08. The number of halogens is 2. The van der Waals surface area contributed by atoms with Gasteiger partial charge in [-0.25, -0.2) is 0 Å². The van der Waals surface area contributed by atoms with Gasteiger partial charge in [-0.3, -0.25) is 0 Å². The molecule has 0 saturated heterocycles. The van der Waals surface area contributed by atoms with Gasteiger partial charge in [0.15, 0.2) is 0 Å². The molecule has 1 nitrogen and oxygen atoms in total. The van der Waals surface area contributed by atoms with Crippen molar-refractivity contribution in [1.82, 2.24) is 0 Å². The van der Waals surface area contributed by atoms with E-state index in [1.807, 2.05) is 19.2 Å². The molecule has 0 amide bonds. The molecule has 72 valence electrons. The van der Waals surface area contributed by atoms with E-state index in [1.165, 1.54) is 0 Å². The van der Waals surface area contributed by atoms with Crippen LogP contribution in [0, 0.1) is 0 Å². The Morgan fingerprint density at radius 1 is 1.15 bits per heavy atom. The second-order valence-electron chi connectivity index (χ2n) is 3.26. The average Bonchev–Trinajstić information content (AvgIpc) is 2.03. The highest BCUT2D eigenvalue weighted by atomic mass is 35.5. The Morgan fingerprint density at radius 2 is 1.62 bits per heavy atom. The highest BCUT2D eigenvalue weighted by Crippen LogP contribution is 2.33. The van der Waals surface area contributed by atoms with Crippen molar-refractivity contribution in [2.45, 2.75) is 19.8 Å². The summed E-state index contributed by atoms with van der Waals surface area (Å²) in [6.07, 6.45) is 0. The van der Waals surface area contributed by atoms with E-state index in [0.717, 1.165) is 11.3 Å². The highest BCUT2D eigenvalue weighted by molar-refractivity contribution is 6.39. The van der Waals surface area contributed by atoms with E-state index in [-0.39, 0.29) is 0 Å². The van der Waals surface area contributed by atoms with Gasteiger partial charge in [-0.05, 0) is 23.6 Å². The molecule has 1 aromatic rings. The highest BCUT2D eigenvalue weighted by Gasteiger charge is 2.08. The maximum Gasteiger partial charge on any atom is 0.0716 e. The first-order valence-corrected chi connectivity index (χ1v) is 4.98. The first kappa shape index (κ1) is 10.7. The molecule has 0 unspecified atom stereocenters. The summed E-state index contributed by atoms with van der Waals surface area (Å²) in [6.45, 7) is 4.22. The molecule has 1 N–H and O–H groups in total. The van der Waals surface area contributed by atoms with Crippen molar-refractivity contribution in [2.75, 3.05) is 12.4 Å². The fourth-order valence-corrected chi connectivity index (χ4v) is 1.86. The van der Waals surface area contributed by atoms with Crippen LogP contribution in [-0.4, -0.2) is 7.05 Å². The average molecular weight is 218 g/mol. The quantitative estimate of drug-likeness (QED) is 0.785. The van der Waals surface area contributed by atoms with Crippen molar-refractivity contribution in [3.05, 3.63) is 27.7 Å². The molecule has 0 atom stereocenters. The van der Waals surface area contributed by atoms with Crippen LogP contribution in [0.2, 0.25) is 10.0 Å². The molecule has 1 aromatic carbocycles. The molecule has 0 spiro atoms. The van der Waals surface area contributed by atoms with Crippen molar-refractivity contribution >= 4 is 28.9 Å². The van der Waals surface area contributed by atoms with E-state index >= 15 is 0 Å². The van der Waals surface area contributed by atoms with Gasteiger partial charge >= 0.3 is 0 Å². The van der Waals surface area contributed by atoms with Crippen molar-refractivity contribution in [1.29, 1.82) is 0 Å². The Balaban J connectivity index is 3.20. The number of anilines is 1. The molecule has 13 heavy (non-hydrogen) atoms. The maximum atomic E-state index is 6.03. The fourth-order valence-electron chi connectivity index (χ4n) is 1.16. The van der Waals surface area contributed by atoms with Gasteiger partial charge in [0.2, 0.25) is 0 Å². The molecule has 0 aliphatic carbocycles. The van der Waals surface area contributed by atoms with Crippen LogP contribution < -0.4 is 5.32 Å². The minimum absolute atomic E-state index is 0.445. The SMILES string of the molecule is CNc1c(Cl)cc(C(C)C)cc1Cl. The lowest BCUT2D eigenvalue weighted by Crippen LogP contribution is -1.94. The van der Waals surface area contributed by atoms with Crippen LogP contribution >= 0.6 is 23.2 Å². The van der Waals surface area contributed by atoms with Crippen molar-refractivity contribution in [2.24, 2.45) is 0 Å².